The van der Waals surface area contributed by atoms with Crippen LogP contribution in [0.25, 0.3) is 0 Å². The Balaban J connectivity index is 2.94. The molecule has 0 aromatic heterocycles. The molecule has 15 heavy (non-hydrogen) atoms. The third kappa shape index (κ3) is 3.54. The topological polar surface area (TPSA) is 9.23 Å². The Hall–Kier alpha value is -1.05. The molecule has 1 nitrogen and oxygen atoms in total. The fourth-order valence-corrected chi connectivity index (χ4v) is 1.29. The fraction of sp³-hybridized carbons (Fsp3) is 0.538. The molecule has 0 spiro atoms. The van der Waals surface area contributed by atoms with E-state index in [0.29, 0.717) is 11.7 Å². The number of hydrogen-bond donors (Lipinski definition) is 0. The summed E-state index contributed by atoms with van der Waals surface area (Å²) in [6.45, 7) is 9.80. The number of halogens is 1. The van der Waals surface area contributed by atoms with Crippen LogP contribution < -0.4 is 4.74 Å². The molecule has 0 aliphatic rings. The smallest absolute Gasteiger partial charge is 0.165 e. The van der Waals surface area contributed by atoms with Crippen LogP contribution in [0.2, 0.25) is 0 Å². The lowest BCUT2D eigenvalue weighted by molar-refractivity contribution is 0.124. The lowest BCUT2D eigenvalue weighted by atomic mass is 10.0. The summed E-state index contributed by atoms with van der Waals surface area (Å²) in [6, 6.07) is 5.16. The average molecular weight is 210 g/mol. The summed E-state index contributed by atoms with van der Waals surface area (Å²) in [5.74, 6) is 0.381. The van der Waals surface area contributed by atoms with Crippen molar-refractivity contribution in [2.45, 2.75) is 46.1 Å². The van der Waals surface area contributed by atoms with Crippen molar-refractivity contribution in [1.29, 1.82) is 0 Å². The van der Waals surface area contributed by atoms with Crippen LogP contribution in [-0.4, -0.2) is 5.60 Å². The van der Waals surface area contributed by atoms with Gasteiger partial charge >= 0.3 is 0 Å². The monoisotopic (exact) mass is 210 g/mol. The van der Waals surface area contributed by atoms with E-state index in [4.69, 9.17) is 4.74 Å². The Morgan fingerprint density at radius 2 is 1.80 bits per heavy atom. The highest BCUT2D eigenvalue weighted by Gasteiger charge is 2.15. The minimum absolute atomic E-state index is 0.281. The molecule has 84 valence electrons. The first kappa shape index (κ1) is 12.0. The van der Waals surface area contributed by atoms with Gasteiger partial charge in [0.05, 0.1) is 0 Å². The van der Waals surface area contributed by atoms with E-state index in [1.807, 2.05) is 40.7 Å². The molecule has 0 atom stereocenters. The van der Waals surface area contributed by atoms with Crippen molar-refractivity contribution in [2.24, 2.45) is 0 Å². The van der Waals surface area contributed by atoms with Crippen LogP contribution in [0.3, 0.4) is 0 Å². The third-order valence-electron chi connectivity index (χ3n) is 2.04. The van der Waals surface area contributed by atoms with E-state index in [1.54, 1.807) is 12.1 Å². The molecular formula is C13H19FO. The van der Waals surface area contributed by atoms with E-state index >= 15 is 0 Å². The van der Waals surface area contributed by atoms with Crippen LogP contribution in [-0.2, 0) is 0 Å². The van der Waals surface area contributed by atoms with E-state index in [9.17, 15) is 4.39 Å². The van der Waals surface area contributed by atoms with Crippen LogP contribution in [0, 0.1) is 5.82 Å². The molecule has 1 aromatic rings. The average Bonchev–Trinajstić information content (AvgIpc) is 2.05. The van der Waals surface area contributed by atoms with Gasteiger partial charge in [0.25, 0.3) is 0 Å². The quantitative estimate of drug-likeness (QED) is 0.713. The number of ether oxygens (including phenoxy) is 1. The van der Waals surface area contributed by atoms with Crippen LogP contribution >= 0.6 is 0 Å². The molecule has 0 amide bonds. The van der Waals surface area contributed by atoms with Crippen LogP contribution in [0.5, 0.6) is 5.75 Å². The Morgan fingerprint density at radius 3 is 2.20 bits per heavy atom. The third-order valence-corrected chi connectivity index (χ3v) is 2.04. The summed E-state index contributed by atoms with van der Waals surface area (Å²) in [5.41, 5.74) is 0.633. The van der Waals surface area contributed by atoms with E-state index in [-0.39, 0.29) is 11.4 Å². The second kappa shape index (κ2) is 4.21. The lowest BCUT2D eigenvalue weighted by Crippen LogP contribution is -2.23. The maximum atomic E-state index is 13.6. The standard InChI is InChI=1S/C13H19FO/c1-9(2)10-6-7-12(11(14)8-10)15-13(3,4)5/h6-9H,1-5H3. The molecule has 0 heterocycles. The molecule has 0 saturated carbocycles. The molecule has 0 N–H and O–H groups in total. The molecule has 0 bridgehead atoms. The van der Waals surface area contributed by atoms with E-state index in [0.717, 1.165) is 5.56 Å². The van der Waals surface area contributed by atoms with Crippen molar-refractivity contribution >= 4 is 0 Å². The van der Waals surface area contributed by atoms with Gasteiger partial charge in [0.15, 0.2) is 11.6 Å². The number of rotatable bonds is 2. The van der Waals surface area contributed by atoms with Crippen molar-refractivity contribution in [3.8, 4) is 5.75 Å². The molecular weight excluding hydrogens is 191 g/mol. The van der Waals surface area contributed by atoms with Gasteiger partial charge in [-0.15, -0.1) is 0 Å². The van der Waals surface area contributed by atoms with Crippen molar-refractivity contribution in [3.63, 3.8) is 0 Å². The van der Waals surface area contributed by atoms with Crippen LogP contribution in [0.1, 0.15) is 46.1 Å². The SMILES string of the molecule is CC(C)c1ccc(OC(C)(C)C)c(F)c1. The summed E-state index contributed by atoms with van der Waals surface area (Å²) < 4.78 is 19.1. The van der Waals surface area contributed by atoms with Crippen molar-refractivity contribution in [1.82, 2.24) is 0 Å². The Morgan fingerprint density at radius 1 is 1.20 bits per heavy atom. The summed E-state index contributed by atoms with van der Waals surface area (Å²) in [5, 5.41) is 0. The maximum absolute atomic E-state index is 13.6. The minimum atomic E-state index is -0.361. The number of benzene rings is 1. The first-order valence-corrected chi connectivity index (χ1v) is 5.28. The molecule has 0 aliphatic heterocycles. The van der Waals surface area contributed by atoms with Gasteiger partial charge in [-0.3, -0.25) is 0 Å². The largest absolute Gasteiger partial charge is 0.485 e. The van der Waals surface area contributed by atoms with Gasteiger partial charge in [-0.25, -0.2) is 4.39 Å². The van der Waals surface area contributed by atoms with Crippen molar-refractivity contribution in [2.75, 3.05) is 0 Å². The first-order chi connectivity index (χ1) is 6.79. The van der Waals surface area contributed by atoms with E-state index in [2.05, 4.69) is 0 Å². The van der Waals surface area contributed by atoms with E-state index in [1.165, 1.54) is 0 Å². The van der Waals surface area contributed by atoms with Gasteiger partial charge in [0.1, 0.15) is 5.60 Å². The molecule has 2 heteroatoms. The second-order valence-electron chi connectivity index (χ2n) is 5.06. The molecule has 1 rings (SSSR count). The highest BCUT2D eigenvalue weighted by atomic mass is 19.1. The van der Waals surface area contributed by atoms with Gasteiger partial charge in [0, 0.05) is 0 Å². The number of hydrogen-bond acceptors (Lipinski definition) is 1. The predicted molar refractivity (Wildman–Crippen MR) is 60.9 cm³/mol. The van der Waals surface area contributed by atoms with Crippen molar-refractivity contribution < 1.29 is 9.13 Å². The van der Waals surface area contributed by atoms with Gasteiger partial charge in [-0.1, -0.05) is 19.9 Å². The minimum Gasteiger partial charge on any atom is -0.485 e. The summed E-state index contributed by atoms with van der Waals surface area (Å²) in [7, 11) is 0. The highest BCUT2D eigenvalue weighted by molar-refractivity contribution is 5.31. The van der Waals surface area contributed by atoms with Crippen LogP contribution in [0.15, 0.2) is 18.2 Å². The Bertz CT molecular complexity index is 337. The summed E-state index contributed by atoms with van der Waals surface area (Å²) in [4.78, 5) is 0. The zero-order valence-corrected chi connectivity index (χ0v) is 10.1. The van der Waals surface area contributed by atoms with Gasteiger partial charge < -0.3 is 4.74 Å². The fourth-order valence-electron chi connectivity index (χ4n) is 1.29. The molecule has 0 saturated heterocycles. The van der Waals surface area contributed by atoms with Gasteiger partial charge in [0.2, 0.25) is 0 Å². The second-order valence-corrected chi connectivity index (χ2v) is 5.06. The molecule has 0 fully saturated rings. The lowest BCUT2D eigenvalue weighted by Gasteiger charge is -2.22. The predicted octanol–water partition coefficient (Wildman–Crippen LogP) is 4.13. The molecule has 0 unspecified atom stereocenters. The van der Waals surface area contributed by atoms with Gasteiger partial charge in [-0.05, 0) is 44.4 Å². The first-order valence-electron chi connectivity index (χ1n) is 5.28. The summed E-state index contributed by atoms with van der Waals surface area (Å²) in [6.07, 6.45) is 0. The van der Waals surface area contributed by atoms with Gasteiger partial charge in [-0.2, -0.15) is 0 Å². The zero-order chi connectivity index (χ0) is 11.6. The summed E-state index contributed by atoms with van der Waals surface area (Å²) >= 11 is 0. The molecule has 0 aliphatic carbocycles. The Kier molecular flexibility index (Phi) is 3.38. The molecule has 0 radical (unpaired) electrons. The zero-order valence-electron chi connectivity index (χ0n) is 10.1. The van der Waals surface area contributed by atoms with E-state index < -0.39 is 0 Å². The Labute approximate surface area is 91.3 Å². The van der Waals surface area contributed by atoms with Crippen molar-refractivity contribution in [3.05, 3.63) is 29.6 Å². The normalized spacial score (nSPS) is 11.9. The highest BCUT2D eigenvalue weighted by Crippen LogP contribution is 2.25. The molecule has 1 aromatic carbocycles. The maximum Gasteiger partial charge on any atom is 0.165 e. The van der Waals surface area contributed by atoms with Crippen LogP contribution in [0.4, 0.5) is 4.39 Å².